The molecule has 0 aromatic rings. The third-order valence-corrected chi connectivity index (χ3v) is 6.47. The highest BCUT2D eigenvalue weighted by molar-refractivity contribution is 5.33. The average Bonchev–Trinajstić information content (AvgIpc) is 2.46. The highest BCUT2D eigenvalue weighted by atomic mass is 14.4. The summed E-state index contributed by atoms with van der Waals surface area (Å²) in [6, 6.07) is 0. The van der Waals surface area contributed by atoms with Gasteiger partial charge in [0.2, 0.25) is 0 Å². The molecule has 0 spiro atoms. The largest absolute Gasteiger partial charge is 0.0780 e. The first kappa shape index (κ1) is 16.8. The molecule has 0 N–H and O–H groups in total. The van der Waals surface area contributed by atoms with E-state index in [2.05, 4.69) is 46.8 Å². The minimum Gasteiger partial charge on any atom is -0.0780 e. The van der Waals surface area contributed by atoms with E-state index in [0.717, 1.165) is 5.92 Å². The molecule has 1 fully saturated rings. The van der Waals surface area contributed by atoms with Crippen LogP contribution in [0, 0.1) is 16.7 Å². The van der Waals surface area contributed by atoms with Crippen LogP contribution in [0.5, 0.6) is 0 Å². The van der Waals surface area contributed by atoms with Gasteiger partial charge in [-0.05, 0) is 67.8 Å². The van der Waals surface area contributed by atoms with Crippen molar-refractivity contribution in [2.24, 2.45) is 16.7 Å². The minimum atomic E-state index is 0.375. The molecule has 0 radical (unpaired) electrons. The lowest BCUT2D eigenvalue weighted by Crippen LogP contribution is -2.27. The van der Waals surface area contributed by atoms with Gasteiger partial charge in [0, 0.05) is 0 Å². The molecule has 0 heterocycles. The summed E-state index contributed by atoms with van der Waals surface area (Å²) in [6.07, 6.45) is 17.6. The van der Waals surface area contributed by atoms with Crippen LogP contribution >= 0.6 is 0 Å². The Morgan fingerprint density at radius 2 is 1.81 bits per heavy atom. The van der Waals surface area contributed by atoms with Crippen LogP contribution in [0.4, 0.5) is 0 Å². The third-order valence-electron chi connectivity index (χ3n) is 6.47. The van der Waals surface area contributed by atoms with Crippen molar-refractivity contribution in [3.05, 3.63) is 23.3 Å². The second-order valence-corrected chi connectivity index (χ2v) is 8.46. The smallest absolute Gasteiger partial charge is 0.0104 e. The van der Waals surface area contributed by atoms with Crippen LogP contribution in [-0.4, -0.2) is 0 Å². The Bertz CT molecular complexity index is 404. The standard InChI is InChI=1S/C21H36/c1-6-21(5,18-12-8-7-9-13-18)16-14-19-17(2)11-10-15-20(19,3)4/h14,16,18H,6-13,15H2,1-5H3/b16-14+. The molecule has 0 nitrogen and oxygen atoms in total. The number of hydrogen-bond acceptors (Lipinski definition) is 0. The SMILES string of the molecule is CCC(C)(/C=C/C1=C(C)CCCC1(C)C)C1CCCCC1. The van der Waals surface area contributed by atoms with Crippen molar-refractivity contribution in [3.8, 4) is 0 Å². The lowest BCUT2D eigenvalue weighted by molar-refractivity contribution is 0.184. The van der Waals surface area contributed by atoms with Gasteiger partial charge in [0.25, 0.3) is 0 Å². The number of allylic oxidation sites excluding steroid dienone is 4. The Balaban J connectivity index is 2.20. The van der Waals surface area contributed by atoms with E-state index in [1.807, 2.05) is 0 Å². The van der Waals surface area contributed by atoms with Crippen LogP contribution in [-0.2, 0) is 0 Å². The van der Waals surface area contributed by atoms with Gasteiger partial charge >= 0.3 is 0 Å². The van der Waals surface area contributed by atoms with Crippen molar-refractivity contribution >= 4 is 0 Å². The molecule has 0 aromatic carbocycles. The molecular formula is C21H36. The molecule has 0 heteroatoms. The maximum atomic E-state index is 2.59. The van der Waals surface area contributed by atoms with Gasteiger partial charge < -0.3 is 0 Å². The van der Waals surface area contributed by atoms with Crippen molar-refractivity contribution in [3.63, 3.8) is 0 Å². The summed E-state index contributed by atoms with van der Waals surface area (Å²) in [4.78, 5) is 0. The molecule has 2 rings (SSSR count). The first-order valence-electron chi connectivity index (χ1n) is 9.28. The van der Waals surface area contributed by atoms with Gasteiger partial charge in [0.15, 0.2) is 0 Å². The van der Waals surface area contributed by atoms with E-state index in [4.69, 9.17) is 0 Å². The van der Waals surface area contributed by atoms with Crippen molar-refractivity contribution in [1.29, 1.82) is 0 Å². The van der Waals surface area contributed by atoms with Crippen LogP contribution in [0.1, 0.15) is 92.4 Å². The maximum absolute atomic E-state index is 2.59. The Morgan fingerprint density at radius 3 is 2.38 bits per heavy atom. The fourth-order valence-electron chi connectivity index (χ4n) is 4.59. The first-order valence-corrected chi connectivity index (χ1v) is 9.28. The minimum absolute atomic E-state index is 0.375. The highest BCUT2D eigenvalue weighted by Crippen LogP contribution is 2.45. The quantitative estimate of drug-likeness (QED) is 0.519. The molecule has 0 bridgehead atoms. The molecule has 0 aliphatic heterocycles. The van der Waals surface area contributed by atoms with Gasteiger partial charge in [-0.3, -0.25) is 0 Å². The van der Waals surface area contributed by atoms with Crippen LogP contribution < -0.4 is 0 Å². The molecule has 2 aliphatic rings. The Morgan fingerprint density at radius 1 is 1.14 bits per heavy atom. The van der Waals surface area contributed by atoms with Crippen LogP contribution in [0.25, 0.3) is 0 Å². The first-order chi connectivity index (χ1) is 9.89. The molecule has 0 saturated heterocycles. The predicted molar refractivity (Wildman–Crippen MR) is 94.4 cm³/mol. The van der Waals surface area contributed by atoms with Crippen molar-refractivity contribution in [2.75, 3.05) is 0 Å². The van der Waals surface area contributed by atoms with E-state index in [9.17, 15) is 0 Å². The molecule has 21 heavy (non-hydrogen) atoms. The summed E-state index contributed by atoms with van der Waals surface area (Å²) in [7, 11) is 0. The second kappa shape index (κ2) is 6.71. The van der Waals surface area contributed by atoms with Gasteiger partial charge in [-0.25, -0.2) is 0 Å². The summed E-state index contributed by atoms with van der Waals surface area (Å²) >= 11 is 0. The molecule has 2 aliphatic carbocycles. The van der Waals surface area contributed by atoms with E-state index < -0.39 is 0 Å². The monoisotopic (exact) mass is 288 g/mol. The summed E-state index contributed by atoms with van der Waals surface area (Å²) in [5, 5.41) is 0. The average molecular weight is 289 g/mol. The van der Waals surface area contributed by atoms with E-state index >= 15 is 0 Å². The van der Waals surface area contributed by atoms with Gasteiger partial charge in [0.1, 0.15) is 0 Å². The number of rotatable bonds is 4. The lowest BCUT2D eigenvalue weighted by Gasteiger charge is -2.38. The van der Waals surface area contributed by atoms with Crippen molar-refractivity contribution in [2.45, 2.75) is 92.4 Å². The van der Waals surface area contributed by atoms with Crippen LogP contribution in [0.3, 0.4) is 0 Å². The zero-order valence-electron chi connectivity index (χ0n) is 15.1. The summed E-state index contributed by atoms with van der Waals surface area (Å²) in [6.45, 7) is 12.1. The third kappa shape index (κ3) is 3.82. The zero-order chi connectivity index (χ0) is 15.5. The molecule has 0 aromatic heterocycles. The summed E-state index contributed by atoms with van der Waals surface area (Å²) < 4.78 is 0. The maximum Gasteiger partial charge on any atom is -0.0104 e. The molecule has 1 atom stereocenters. The van der Waals surface area contributed by atoms with Gasteiger partial charge in [-0.2, -0.15) is 0 Å². The predicted octanol–water partition coefficient (Wildman–Crippen LogP) is 7.07. The second-order valence-electron chi connectivity index (χ2n) is 8.46. The van der Waals surface area contributed by atoms with Gasteiger partial charge in [-0.1, -0.05) is 64.7 Å². The van der Waals surface area contributed by atoms with Gasteiger partial charge in [0.05, 0.1) is 0 Å². The van der Waals surface area contributed by atoms with E-state index in [1.54, 1.807) is 11.1 Å². The molecule has 120 valence electrons. The van der Waals surface area contributed by atoms with Crippen LogP contribution in [0.15, 0.2) is 23.3 Å². The molecule has 1 saturated carbocycles. The van der Waals surface area contributed by atoms with Crippen molar-refractivity contribution in [1.82, 2.24) is 0 Å². The fraction of sp³-hybridized carbons (Fsp3) is 0.810. The van der Waals surface area contributed by atoms with Crippen LogP contribution in [0.2, 0.25) is 0 Å². The lowest BCUT2D eigenvalue weighted by atomic mass is 9.67. The normalized spacial score (nSPS) is 27.1. The van der Waals surface area contributed by atoms with Gasteiger partial charge in [-0.15, -0.1) is 0 Å². The summed E-state index contributed by atoms with van der Waals surface area (Å²) in [5.74, 6) is 0.903. The topological polar surface area (TPSA) is 0 Å². The molecular weight excluding hydrogens is 252 g/mol. The van der Waals surface area contributed by atoms with E-state index in [1.165, 1.54) is 57.8 Å². The fourth-order valence-corrected chi connectivity index (χ4v) is 4.59. The van der Waals surface area contributed by atoms with E-state index in [-0.39, 0.29) is 0 Å². The molecule has 1 unspecified atom stereocenters. The zero-order valence-corrected chi connectivity index (χ0v) is 15.1. The Labute approximate surface area is 133 Å². The van der Waals surface area contributed by atoms with Crippen molar-refractivity contribution < 1.29 is 0 Å². The Hall–Kier alpha value is -0.520. The number of hydrogen-bond donors (Lipinski definition) is 0. The highest BCUT2D eigenvalue weighted by Gasteiger charge is 2.32. The summed E-state index contributed by atoms with van der Waals surface area (Å²) in [5.41, 5.74) is 4.04. The Kier molecular flexibility index (Phi) is 5.38. The molecule has 0 amide bonds. The van der Waals surface area contributed by atoms with E-state index in [0.29, 0.717) is 10.8 Å².